The van der Waals surface area contributed by atoms with Crippen LogP contribution in [0.5, 0.6) is 5.75 Å². The third kappa shape index (κ3) is 5.56. The predicted octanol–water partition coefficient (Wildman–Crippen LogP) is 5.31. The molecular formula is C25H23ClN4O2S. The first-order valence-electron chi connectivity index (χ1n) is 10.3. The van der Waals surface area contributed by atoms with Crippen molar-refractivity contribution in [3.05, 3.63) is 88.9 Å². The molecule has 3 aromatic carbocycles. The average molecular weight is 479 g/mol. The van der Waals surface area contributed by atoms with Crippen LogP contribution in [0.25, 0.3) is 17.1 Å². The minimum Gasteiger partial charge on any atom is -0.496 e. The molecule has 8 heteroatoms. The van der Waals surface area contributed by atoms with Gasteiger partial charge in [0.15, 0.2) is 11.0 Å². The number of benzene rings is 3. The molecule has 0 aliphatic heterocycles. The van der Waals surface area contributed by atoms with Gasteiger partial charge in [0.25, 0.3) is 0 Å². The monoisotopic (exact) mass is 478 g/mol. The summed E-state index contributed by atoms with van der Waals surface area (Å²) in [5.74, 6) is 1.44. The smallest absolute Gasteiger partial charge is 0.230 e. The third-order valence-corrected chi connectivity index (χ3v) is 6.19. The molecule has 4 aromatic rings. The van der Waals surface area contributed by atoms with Crippen LogP contribution in [-0.2, 0) is 11.3 Å². The number of amides is 1. The van der Waals surface area contributed by atoms with Crippen molar-refractivity contribution in [3.8, 4) is 22.8 Å². The fraction of sp³-hybridized carbons (Fsp3) is 0.160. The number of ether oxygens (including phenoxy) is 1. The number of thioether (sulfide) groups is 1. The number of carbonyl (C=O) groups excluding carboxylic acids is 1. The molecule has 6 nitrogen and oxygen atoms in total. The van der Waals surface area contributed by atoms with Gasteiger partial charge in [0.1, 0.15) is 5.75 Å². The first-order chi connectivity index (χ1) is 16.0. The van der Waals surface area contributed by atoms with Crippen molar-refractivity contribution >= 4 is 29.3 Å². The normalized spacial score (nSPS) is 10.8. The molecule has 1 heterocycles. The van der Waals surface area contributed by atoms with Gasteiger partial charge in [-0.2, -0.15) is 0 Å². The summed E-state index contributed by atoms with van der Waals surface area (Å²) in [6.45, 7) is 2.52. The fourth-order valence-electron chi connectivity index (χ4n) is 3.28. The Balaban J connectivity index is 1.56. The molecule has 0 radical (unpaired) electrons. The minimum absolute atomic E-state index is 0.0786. The van der Waals surface area contributed by atoms with Gasteiger partial charge in [-0.3, -0.25) is 9.36 Å². The maximum atomic E-state index is 12.5. The number of hydrogen-bond donors (Lipinski definition) is 1. The van der Waals surface area contributed by atoms with Crippen LogP contribution in [0.15, 0.2) is 78.0 Å². The summed E-state index contributed by atoms with van der Waals surface area (Å²) >= 11 is 7.42. The molecule has 168 valence electrons. The van der Waals surface area contributed by atoms with Crippen LogP contribution in [-0.4, -0.2) is 33.5 Å². The van der Waals surface area contributed by atoms with Crippen LogP contribution in [0.1, 0.15) is 11.1 Å². The van der Waals surface area contributed by atoms with Gasteiger partial charge in [-0.1, -0.05) is 65.3 Å². The SMILES string of the molecule is COc1ccccc1-c1nnc(SCC(=O)NCc2ccc(C)cc2)n1-c1ccc(Cl)cc1. The Morgan fingerprint density at radius 1 is 1.03 bits per heavy atom. The van der Waals surface area contributed by atoms with Gasteiger partial charge in [0.05, 0.1) is 18.4 Å². The van der Waals surface area contributed by atoms with E-state index in [0.29, 0.717) is 28.3 Å². The van der Waals surface area contributed by atoms with Crippen molar-refractivity contribution in [2.45, 2.75) is 18.6 Å². The van der Waals surface area contributed by atoms with E-state index in [2.05, 4.69) is 15.5 Å². The lowest BCUT2D eigenvalue weighted by Gasteiger charge is -2.12. The average Bonchev–Trinajstić information content (AvgIpc) is 3.26. The number of hydrogen-bond acceptors (Lipinski definition) is 5. The first-order valence-corrected chi connectivity index (χ1v) is 11.7. The molecule has 0 saturated heterocycles. The van der Waals surface area contributed by atoms with Gasteiger partial charge in [-0.05, 0) is 48.9 Å². The van der Waals surface area contributed by atoms with Gasteiger partial charge < -0.3 is 10.1 Å². The molecule has 0 fully saturated rings. The molecule has 0 atom stereocenters. The predicted molar refractivity (Wildman–Crippen MR) is 132 cm³/mol. The number of aromatic nitrogens is 3. The van der Waals surface area contributed by atoms with Gasteiger partial charge in [-0.15, -0.1) is 10.2 Å². The Labute approximate surface area is 202 Å². The first kappa shape index (κ1) is 22.9. The van der Waals surface area contributed by atoms with Crippen molar-refractivity contribution in [2.75, 3.05) is 12.9 Å². The van der Waals surface area contributed by atoms with E-state index in [1.54, 1.807) is 7.11 Å². The zero-order chi connectivity index (χ0) is 23.2. The molecule has 33 heavy (non-hydrogen) atoms. The van der Waals surface area contributed by atoms with Crippen LogP contribution < -0.4 is 10.1 Å². The summed E-state index contributed by atoms with van der Waals surface area (Å²) in [4.78, 5) is 12.5. The lowest BCUT2D eigenvalue weighted by atomic mass is 10.1. The lowest BCUT2D eigenvalue weighted by molar-refractivity contribution is -0.118. The number of halogens is 1. The molecule has 0 unspecified atom stereocenters. The lowest BCUT2D eigenvalue weighted by Crippen LogP contribution is -2.24. The highest BCUT2D eigenvalue weighted by Crippen LogP contribution is 2.33. The molecule has 0 aliphatic rings. The van der Waals surface area contributed by atoms with Crippen molar-refractivity contribution in [1.82, 2.24) is 20.1 Å². The summed E-state index contributed by atoms with van der Waals surface area (Å²) in [5.41, 5.74) is 3.89. The van der Waals surface area contributed by atoms with Gasteiger partial charge in [0.2, 0.25) is 5.91 Å². The largest absolute Gasteiger partial charge is 0.496 e. The molecule has 4 rings (SSSR count). The highest BCUT2D eigenvalue weighted by molar-refractivity contribution is 7.99. The summed E-state index contributed by atoms with van der Waals surface area (Å²) in [5, 5.41) is 13.0. The van der Waals surface area contributed by atoms with Crippen molar-refractivity contribution < 1.29 is 9.53 Å². The summed E-state index contributed by atoms with van der Waals surface area (Å²) < 4.78 is 7.43. The third-order valence-electron chi connectivity index (χ3n) is 5.01. The summed E-state index contributed by atoms with van der Waals surface area (Å²) in [6, 6.07) is 23.1. The number of para-hydroxylation sites is 1. The molecule has 1 amide bonds. The number of nitrogens with zero attached hydrogens (tertiary/aromatic N) is 3. The van der Waals surface area contributed by atoms with E-state index in [0.717, 1.165) is 16.8 Å². The number of carbonyl (C=O) groups is 1. The zero-order valence-electron chi connectivity index (χ0n) is 18.3. The Kier molecular flexibility index (Phi) is 7.32. The van der Waals surface area contributed by atoms with E-state index in [1.807, 2.05) is 84.3 Å². The highest BCUT2D eigenvalue weighted by atomic mass is 35.5. The Morgan fingerprint density at radius 2 is 1.76 bits per heavy atom. The standard InChI is InChI=1S/C25H23ClN4O2S/c1-17-7-9-18(10-8-17)15-27-23(31)16-33-25-29-28-24(21-5-3-4-6-22(21)32-2)30(25)20-13-11-19(26)12-14-20/h3-14H,15-16H2,1-2H3,(H,27,31). The van der Waals surface area contributed by atoms with E-state index >= 15 is 0 Å². The van der Waals surface area contributed by atoms with E-state index in [-0.39, 0.29) is 11.7 Å². The number of methoxy groups -OCH3 is 1. The molecule has 0 saturated carbocycles. The second-order valence-electron chi connectivity index (χ2n) is 7.37. The van der Waals surface area contributed by atoms with Crippen molar-refractivity contribution in [3.63, 3.8) is 0 Å². The van der Waals surface area contributed by atoms with Crippen LogP contribution in [0.3, 0.4) is 0 Å². The summed E-state index contributed by atoms with van der Waals surface area (Å²) in [7, 11) is 1.62. The van der Waals surface area contributed by atoms with Crippen LogP contribution >= 0.6 is 23.4 Å². The quantitative estimate of drug-likeness (QED) is 0.347. The van der Waals surface area contributed by atoms with Gasteiger partial charge in [-0.25, -0.2) is 0 Å². The van der Waals surface area contributed by atoms with E-state index in [9.17, 15) is 4.79 Å². The second kappa shape index (κ2) is 10.6. The zero-order valence-corrected chi connectivity index (χ0v) is 19.9. The van der Waals surface area contributed by atoms with Gasteiger partial charge >= 0.3 is 0 Å². The molecule has 1 aromatic heterocycles. The number of rotatable bonds is 8. The minimum atomic E-state index is -0.0786. The highest BCUT2D eigenvalue weighted by Gasteiger charge is 2.19. The van der Waals surface area contributed by atoms with E-state index in [1.165, 1.54) is 17.3 Å². The Hall–Kier alpha value is -3.29. The maximum Gasteiger partial charge on any atom is 0.230 e. The molecule has 1 N–H and O–H groups in total. The van der Waals surface area contributed by atoms with Crippen LogP contribution in [0.4, 0.5) is 0 Å². The van der Waals surface area contributed by atoms with E-state index in [4.69, 9.17) is 16.3 Å². The molecule has 0 aliphatic carbocycles. The molecular weight excluding hydrogens is 456 g/mol. The topological polar surface area (TPSA) is 69.0 Å². The van der Waals surface area contributed by atoms with E-state index < -0.39 is 0 Å². The van der Waals surface area contributed by atoms with Crippen LogP contribution in [0, 0.1) is 6.92 Å². The Morgan fingerprint density at radius 3 is 2.48 bits per heavy atom. The molecule has 0 spiro atoms. The van der Waals surface area contributed by atoms with Crippen LogP contribution in [0.2, 0.25) is 5.02 Å². The van der Waals surface area contributed by atoms with Crippen molar-refractivity contribution in [2.24, 2.45) is 0 Å². The maximum absolute atomic E-state index is 12.5. The fourth-order valence-corrected chi connectivity index (χ4v) is 4.19. The van der Waals surface area contributed by atoms with Crippen molar-refractivity contribution in [1.29, 1.82) is 0 Å². The summed E-state index contributed by atoms with van der Waals surface area (Å²) in [6.07, 6.45) is 0. The van der Waals surface area contributed by atoms with Gasteiger partial charge in [0, 0.05) is 17.3 Å². The number of aryl methyl sites for hydroxylation is 1. The molecule has 0 bridgehead atoms. The number of nitrogens with one attached hydrogen (secondary N) is 1. The second-order valence-corrected chi connectivity index (χ2v) is 8.75. The Bertz CT molecular complexity index is 1240.